The molecule has 2 rings (SSSR count). The first-order valence-electron chi connectivity index (χ1n) is 6.09. The fraction of sp³-hybridized carbons (Fsp3) is 0.357. The summed E-state index contributed by atoms with van der Waals surface area (Å²) in [5, 5.41) is 4.45. The van der Waals surface area contributed by atoms with E-state index in [1.165, 1.54) is 11.1 Å². The van der Waals surface area contributed by atoms with Crippen molar-refractivity contribution in [1.82, 2.24) is 9.78 Å². The van der Waals surface area contributed by atoms with Crippen molar-refractivity contribution in [3.05, 3.63) is 41.1 Å². The van der Waals surface area contributed by atoms with Crippen molar-refractivity contribution in [1.29, 1.82) is 0 Å². The third-order valence-corrected chi connectivity index (χ3v) is 2.81. The van der Waals surface area contributed by atoms with Crippen LogP contribution in [0.5, 0.6) is 5.88 Å². The molecule has 0 aliphatic carbocycles. The molecule has 96 valence electrons. The van der Waals surface area contributed by atoms with Gasteiger partial charge in [0.2, 0.25) is 5.88 Å². The SMILES string of the molecule is Cc1ccc(-n2nc(OCCN)cc2C)c(C)c1. The molecule has 0 aliphatic heterocycles. The average Bonchev–Trinajstić information content (AvgIpc) is 2.68. The molecule has 0 fully saturated rings. The lowest BCUT2D eigenvalue weighted by Crippen LogP contribution is -2.11. The number of hydrogen-bond acceptors (Lipinski definition) is 3. The summed E-state index contributed by atoms with van der Waals surface area (Å²) < 4.78 is 7.35. The van der Waals surface area contributed by atoms with Crippen molar-refractivity contribution >= 4 is 0 Å². The van der Waals surface area contributed by atoms with Gasteiger partial charge in [0.25, 0.3) is 0 Å². The maximum absolute atomic E-state index is 5.44. The number of nitrogens with two attached hydrogens (primary N) is 1. The van der Waals surface area contributed by atoms with E-state index in [0.29, 0.717) is 19.0 Å². The van der Waals surface area contributed by atoms with Gasteiger partial charge in [-0.25, -0.2) is 4.68 Å². The van der Waals surface area contributed by atoms with E-state index in [2.05, 4.69) is 37.1 Å². The Morgan fingerprint density at radius 3 is 2.67 bits per heavy atom. The minimum Gasteiger partial charge on any atom is -0.475 e. The Balaban J connectivity index is 2.35. The van der Waals surface area contributed by atoms with Crippen LogP contribution >= 0.6 is 0 Å². The molecule has 4 heteroatoms. The van der Waals surface area contributed by atoms with Crippen LogP contribution in [0.1, 0.15) is 16.8 Å². The Labute approximate surface area is 107 Å². The van der Waals surface area contributed by atoms with Crippen molar-refractivity contribution in [2.45, 2.75) is 20.8 Å². The number of benzene rings is 1. The highest BCUT2D eigenvalue weighted by molar-refractivity contribution is 5.43. The van der Waals surface area contributed by atoms with E-state index < -0.39 is 0 Å². The second-order valence-electron chi connectivity index (χ2n) is 4.46. The topological polar surface area (TPSA) is 53.1 Å². The van der Waals surface area contributed by atoms with Crippen LogP contribution in [0.2, 0.25) is 0 Å². The predicted octanol–water partition coefficient (Wildman–Crippen LogP) is 2.14. The molecule has 0 aliphatic rings. The normalized spacial score (nSPS) is 10.7. The molecule has 2 N–H and O–H groups in total. The van der Waals surface area contributed by atoms with Crippen LogP contribution in [0.4, 0.5) is 0 Å². The summed E-state index contributed by atoms with van der Waals surface area (Å²) in [6.45, 7) is 7.17. The number of aryl methyl sites for hydroxylation is 3. The second kappa shape index (κ2) is 5.23. The van der Waals surface area contributed by atoms with Gasteiger partial charge in [-0.05, 0) is 32.4 Å². The zero-order chi connectivity index (χ0) is 13.1. The molecule has 0 radical (unpaired) electrons. The molecule has 0 unspecified atom stereocenters. The van der Waals surface area contributed by atoms with Gasteiger partial charge in [-0.15, -0.1) is 5.10 Å². The molecular weight excluding hydrogens is 226 g/mol. The summed E-state index contributed by atoms with van der Waals surface area (Å²) in [4.78, 5) is 0. The molecule has 0 saturated carbocycles. The summed E-state index contributed by atoms with van der Waals surface area (Å²) in [6, 6.07) is 8.24. The quantitative estimate of drug-likeness (QED) is 0.897. The highest BCUT2D eigenvalue weighted by Crippen LogP contribution is 2.20. The van der Waals surface area contributed by atoms with E-state index in [1.54, 1.807) is 0 Å². The molecular formula is C14H19N3O. The van der Waals surface area contributed by atoms with Crippen molar-refractivity contribution in [3.8, 4) is 11.6 Å². The number of rotatable bonds is 4. The zero-order valence-corrected chi connectivity index (χ0v) is 11.1. The summed E-state index contributed by atoms with van der Waals surface area (Å²) in [6.07, 6.45) is 0. The lowest BCUT2D eigenvalue weighted by atomic mass is 10.1. The maximum Gasteiger partial charge on any atom is 0.233 e. The van der Waals surface area contributed by atoms with Gasteiger partial charge >= 0.3 is 0 Å². The van der Waals surface area contributed by atoms with Crippen LogP contribution < -0.4 is 10.5 Å². The highest BCUT2D eigenvalue weighted by Gasteiger charge is 2.09. The molecule has 0 spiro atoms. The third kappa shape index (κ3) is 2.54. The standard InChI is InChI=1S/C14H19N3O/c1-10-4-5-13(11(2)8-10)17-12(3)9-14(16-17)18-7-6-15/h4-5,8-9H,6-7,15H2,1-3H3. The molecule has 1 aromatic carbocycles. The van der Waals surface area contributed by atoms with E-state index in [9.17, 15) is 0 Å². The minimum atomic E-state index is 0.489. The molecule has 4 nitrogen and oxygen atoms in total. The van der Waals surface area contributed by atoms with Gasteiger partial charge in [-0.2, -0.15) is 0 Å². The van der Waals surface area contributed by atoms with E-state index in [1.807, 2.05) is 17.7 Å². The van der Waals surface area contributed by atoms with Crippen LogP contribution in [0.3, 0.4) is 0 Å². The van der Waals surface area contributed by atoms with Gasteiger partial charge in [-0.1, -0.05) is 17.7 Å². The fourth-order valence-electron chi connectivity index (χ4n) is 1.97. The number of hydrogen-bond donors (Lipinski definition) is 1. The van der Waals surface area contributed by atoms with Gasteiger partial charge in [0, 0.05) is 18.3 Å². The Bertz CT molecular complexity index is 546. The largest absolute Gasteiger partial charge is 0.475 e. The average molecular weight is 245 g/mol. The van der Waals surface area contributed by atoms with Crippen LogP contribution in [0, 0.1) is 20.8 Å². The van der Waals surface area contributed by atoms with Gasteiger partial charge < -0.3 is 10.5 Å². The summed E-state index contributed by atoms with van der Waals surface area (Å²) in [7, 11) is 0. The first-order chi connectivity index (χ1) is 8.61. The molecule has 0 bridgehead atoms. The van der Waals surface area contributed by atoms with Gasteiger partial charge in [0.1, 0.15) is 6.61 Å². The fourth-order valence-corrected chi connectivity index (χ4v) is 1.97. The lowest BCUT2D eigenvalue weighted by molar-refractivity contribution is 0.313. The van der Waals surface area contributed by atoms with E-state index in [0.717, 1.165) is 11.4 Å². The van der Waals surface area contributed by atoms with Crippen LogP contribution in [0.25, 0.3) is 5.69 Å². The van der Waals surface area contributed by atoms with E-state index >= 15 is 0 Å². The highest BCUT2D eigenvalue weighted by atomic mass is 16.5. The monoisotopic (exact) mass is 245 g/mol. The molecule has 18 heavy (non-hydrogen) atoms. The second-order valence-corrected chi connectivity index (χ2v) is 4.46. The molecule has 1 aromatic heterocycles. The Hall–Kier alpha value is -1.81. The minimum absolute atomic E-state index is 0.489. The Morgan fingerprint density at radius 2 is 2.00 bits per heavy atom. The predicted molar refractivity (Wildman–Crippen MR) is 72.3 cm³/mol. The van der Waals surface area contributed by atoms with Gasteiger partial charge in [0.05, 0.1) is 5.69 Å². The summed E-state index contributed by atoms with van der Waals surface area (Å²) in [5.41, 5.74) is 10.00. The van der Waals surface area contributed by atoms with Gasteiger partial charge in [-0.3, -0.25) is 0 Å². The van der Waals surface area contributed by atoms with Crippen LogP contribution in [-0.2, 0) is 0 Å². The third-order valence-electron chi connectivity index (χ3n) is 2.81. The summed E-state index contributed by atoms with van der Waals surface area (Å²) in [5.74, 6) is 0.623. The van der Waals surface area contributed by atoms with Crippen molar-refractivity contribution in [2.75, 3.05) is 13.2 Å². The first kappa shape index (κ1) is 12.6. The molecule has 0 atom stereocenters. The zero-order valence-electron chi connectivity index (χ0n) is 11.1. The Kier molecular flexibility index (Phi) is 3.67. The van der Waals surface area contributed by atoms with Crippen LogP contribution in [0.15, 0.2) is 24.3 Å². The maximum atomic E-state index is 5.44. The lowest BCUT2D eigenvalue weighted by Gasteiger charge is -2.08. The van der Waals surface area contributed by atoms with Gasteiger partial charge in [0.15, 0.2) is 0 Å². The number of ether oxygens (including phenoxy) is 1. The molecule has 0 saturated heterocycles. The van der Waals surface area contributed by atoms with Crippen LogP contribution in [-0.4, -0.2) is 22.9 Å². The van der Waals surface area contributed by atoms with E-state index in [-0.39, 0.29) is 0 Å². The molecule has 1 heterocycles. The molecule has 2 aromatic rings. The van der Waals surface area contributed by atoms with Crippen molar-refractivity contribution in [2.24, 2.45) is 5.73 Å². The number of aromatic nitrogens is 2. The molecule has 0 amide bonds. The van der Waals surface area contributed by atoms with Crippen molar-refractivity contribution < 1.29 is 4.74 Å². The number of nitrogens with zero attached hydrogens (tertiary/aromatic N) is 2. The summed E-state index contributed by atoms with van der Waals surface area (Å²) >= 11 is 0. The first-order valence-corrected chi connectivity index (χ1v) is 6.09. The smallest absolute Gasteiger partial charge is 0.233 e. The van der Waals surface area contributed by atoms with E-state index in [4.69, 9.17) is 10.5 Å². The van der Waals surface area contributed by atoms with Crippen molar-refractivity contribution in [3.63, 3.8) is 0 Å². The Morgan fingerprint density at radius 1 is 1.22 bits per heavy atom.